The number of aromatic nitrogens is 4. The average Bonchev–Trinajstić information content (AvgIpc) is 3.63. The number of halogens is 1. The molecule has 0 amide bonds. The first-order valence-electron chi connectivity index (χ1n) is 13.7. The van der Waals surface area contributed by atoms with E-state index >= 15 is 0 Å². The number of hydrogen-bond donors (Lipinski definition) is 0. The first-order chi connectivity index (χ1) is 21.0. The molecule has 212 valence electrons. The van der Waals surface area contributed by atoms with E-state index in [9.17, 15) is 4.39 Å². The summed E-state index contributed by atoms with van der Waals surface area (Å²) in [7, 11) is 3.21. The molecule has 0 saturated heterocycles. The quantitative estimate of drug-likeness (QED) is 0.193. The number of para-hydroxylation sites is 1. The van der Waals surface area contributed by atoms with Crippen LogP contribution < -0.4 is 14.2 Å². The predicted octanol–water partition coefficient (Wildman–Crippen LogP) is 8.29. The summed E-state index contributed by atoms with van der Waals surface area (Å²) in [4.78, 5) is 4.65. The Morgan fingerprint density at radius 2 is 1.53 bits per heavy atom. The maximum Gasteiger partial charge on any atom is 0.137 e. The van der Waals surface area contributed by atoms with E-state index in [1.54, 1.807) is 37.4 Å². The SMILES string of the molecule is COc1cccc(OC)c1-c1cnn(-c2cc(F)cc(Oc3ccc4c5ccccc5n(-c5cc(C)ccn5)c4c3)c2)c1. The third-order valence-corrected chi connectivity index (χ3v) is 7.43. The van der Waals surface area contributed by atoms with Crippen molar-refractivity contribution in [3.8, 4) is 45.6 Å². The Hall–Kier alpha value is -5.63. The number of pyridine rings is 1. The van der Waals surface area contributed by atoms with Crippen molar-refractivity contribution in [2.24, 2.45) is 0 Å². The van der Waals surface area contributed by atoms with Gasteiger partial charge >= 0.3 is 0 Å². The zero-order chi connectivity index (χ0) is 29.5. The topological polar surface area (TPSA) is 63.3 Å². The van der Waals surface area contributed by atoms with E-state index in [1.807, 2.05) is 67.7 Å². The normalized spacial score (nSPS) is 11.3. The van der Waals surface area contributed by atoms with Crippen molar-refractivity contribution in [3.05, 3.63) is 121 Å². The second kappa shape index (κ2) is 10.6. The van der Waals surface area contributed by atoms with E-state index in [0.29, 0.717) is 28.7 Å². The molecule has 3 aromatic heterocycles. The van der Waals surface area contributed by atoms with Gasteiger partial charge in [-0.3, -0.25) is 4.57 Å². The molecule has 0 aliphatic heterocycles. The Labute approximate surface area is 247 Å². The minimum atomic E-state index is -0.446. The van der Waals surface area contributed by atoms with Crippen molar-refractivity contribution >= 4 is 21.8 Å². The molecule has 43 heavy (non-hydrogen) atoms. The Kier molecular flexibility index (Phi) is 6.51. The number of aryl methyl sites for hydroxylation is 1. The van der Waals surface area contributed by atoms with Gasteiger partial charge in [-0.2, -0.15) is 5.10 Å². The molecule has 0 N–H and O–H groups in total. The molecule has 0 aliphatic rings. The van der Waals surface area contributed by atoms with Crippen LogP contribution >= 0.6 is 0 Å². The molecule has 0 aliphatic carbocycles. The van der Waals surface area contributed by atoms with Crippen molar-refractivity contribution in [1.82, 2.24) is 19.3 Å². The van der Waals surface area contributed by atoms with Gasteiger partial charge in [-0.1, -0.05) is 24.3 Å². The first-order valence-corrected chi connectivity index (χ1v) is 13.7. The summed E-state index contributed by atoms with van der Waals surface area (Å²) in [5.41, 5.74) is 5.14. The van der Waals surface area contributed by atoms with E-state index in [4.69, 9.17) is 14.2 Å². The molecule has 0 saturated carbocycles. The second-order valence-electron chi connectivity index (χ2n) is 10.2. The minimum absolute atomic E-state index is 0.345. The van der Waals surface area contributed by atoms with Gasteiger partial charge in [-0.25, -0.2) is 14.1 Å². The molecule has 7 aromatic rings. The molecule has 4 aromatic carbocycles. The Morgan fingerprint density at radius 1 is 0.744 bits per heavy atom. The molecular weight excluding hydrogens is 543 g/mol. The van der Waals surface area contributed by atoms with Gasteiger partial charge in [0.05, 0.1) is 42.7 Å². The van der Waals surface area contributed by atoms with Crippen molar-refractivity contribution in [2.75, 3.05) is 14.2 Å². The van der Waals surface area contributed by atoms with Crippen LogP contribution in [-0.4, -0.2) is 33.6 Å². The van der Waals surface area contributed by atoms with E-state index in [-0.39, 0.29) is 0 Å². The first kappa shape index (κ1) is 26.3. The maximum absolute atomic E-state index is 14.9. The second-order valence-corrected chi connectivity index (χ2v) is 10.2. The van der Waals surface area contributed by atoms with Crippen LogP contribution in [0, 0.1) is 12.7 Å². The smallest absolute Gasteiger partial charge is 0.137 e. The fourth-order valence-electron chi connectivity index (χ4n) is 5.51. The van der Waals surface area contributed by atoms with Crippen LogP contribution in [0.3, 0.4) is 0 Å². The minimum Gasteiger partial charge on any atom is -0.496 e. The monoisotopic (exact) mass is 570 g/mol. The molecule has 0 radical (unpaired) electrons. The number of nitrogens with zero attached hydrogens (tertiary/aromatic N) is 4. The van der Waals surface area contributed by atoms with E-state index in [1.165, 1.54) is 12.1 Å². The van der Waals surface area contributed by atoms with Crippen molar-refractivity contribution in [3.63, 3.8) is 0 Å². The van der Waals surface area contributed by atoms with Crippen LogP contribution in [0.4, 0.5) is 4.39 Å². The van der Waals surface area contributed by atoms with Gasteiger partial charge in [-0.05, 0) is 61.0 Å². The van der Waals surface area contributed by atoms with E-state index in [0.717, 1.165) is 44.3 Å². The fraction of sp³-hybridized carbons (Fsp3) is 0.0857. The van der Waals surface area contributed by atoms with Crippen LogP contribution in [0.15, 0.2) is 110 Å². The maximum atomic E-state index is 14.9. The largest absolute Gasteiger partial charge is 0.496 e. The summed E-state index contributed by atoms with van der Waals surface area (Å²) in [5.74, 6) is 2.58. The fourth-order valence-corrected chi connectivity index (χ4v) is 5.51. The lowest BCUT2D eigenvalue weighted by molar-refractivity contribution is 0.397. The van der Waals surface area contributed by atoms with E-state index < -0.39 is 5.82 Å². The van der Waals surface area contributed by atoms with Crippen LogP contribution in [0.2, 0.25) is 0 Å². The summed E-state index contributed by atoms with van der Waals surface area (Å²) in [5, 5.41) is 6.68. The predicted molar refractivity (Wildman–Crippen MR) is 165 cm³/mol. The van der Waals surface area contributed by atoms with Crippen LogP contribution in [0.25, 0.3) is 44.4 Å². The van der Waals surface area contributed by atoms with Gasteiger partial charge in [0.2, 0.25) is 0 Å². The van der Waals surface area contributed by atoms with Gasteiger partial charge < -0.3 is 14.2 Å². The molecule has 7 nitrogen and oxygen atoms in total. The number of fused-ring (bicyclic) bond motifs is 3. The lowest BCUT2D eigenvalue weighted by Crippen LogP contribution is -1.98. The van der Waals surface area contributed by atoms with Crippen LogP contribution in [0.1, 0.15) is 5.56 Å². The summed E-state index contributed by atoms with van der Waals surface area (Å²) < 4.78 is 36.0. The highest BCUT2D eigenvalue weighted by atomic mass is 19.1. The zero-order valence-corrected chi connectivity index (χ0v) is 23.8. The molecule has 7 rings (SSSR count). The van der Waals surface area contributed by atoms with E-state index in [2.05, 4.69) is 32.8 Å². The van der Waals surface area contributed by atoms with Gasteiger partial charge in [-0.15, -0.1) is 0 Å². The molecule has 0 bridgehead atoms. The lowest BCUT2D eigenvalue weighted by atomic mass is 10.1. The Balaban J connectivity index is 1.27. The Bertz CT molecular complexity index is 2110. The van der Waals surface area contributed by atoms with Crippen molar-refractivity contribution < 1.29 is 18.6 Å². The number of methoxy groups -OCH3 is 2. The van der Waals surface area contributed by atoms with Crippen LogP contribution in [0.5, 0.6) is 23.0 Å². The Morgan fingerprint density at radius 3 is 2.33 bits per heavy atom. The highest BCUT2D eigenvalue weighted by molar-refractivity contribution is 6.09. The van der Waals surface area contributed by atoms with Crippen LogP contribution in [-0.2, 0) is 0 Å². The van der Waals surface area contributed by atoms with Gasteiger partial charge in [0.1, 0.15) is 34.6 Å². The zero-order valence-electron chi connectivity index (χ0n) is 23.8. The van der Waals surface area contributed by atoms with Crippen molar-refractivity contribution in [2.45, 2.75) is 6.92 Å². The third kappa shape index (κ3) is 4.72. The number of ether oxygens (including phenoxy) is 3. The molecule has 0 atom stereocenters. The van der Waals surface area contributed by atoms with Crippen molar-refractivity contribution in [1.29, 1.82) is 0 Å². The molecule has 3 heterocycles. The molecule has 0 unspecified atom stereocenters. The third-order valence-electron chi connectivity index (χ3n) is 7.43. The number of rotatable bonds is 7. The highest BCUT2D eigenvalue weighted by Gasteiger charge is 2.17. The van der Waals surface area contributed by atoms with Gasteiger partial charge in [0.15, 0.2) is 0 Å². The lowest BCUT2D eigenvalue weighted by Gasteiger charge is -2.11. The standard InChI is InChI=1S/C35H27FN4O3/c1-22-13-14-37-34(15-22)40-30-8-5-4-7-28(30)29-12-11-26(19-31(29)40)43-27-17-24(36)16-25(18-27)39-21-23(20-38-39)35-32(41-2)9-6-10-33(35)42-3/h4-21H,1-3H3. The summed E-state index contributed by atoms with van der Waals surface area (Å²) in [6, 6.07) is 28.2. The van der Waals surface area contributed by atoms with Gasteiger partial charge in [0, 0.05) is 46.9 Å². The van der Waals surface area contributed by atoms with Gasteiger partial charge in [0.25, 0.3) is 0 Å². The summed E-state index contributed by atoms with van der Waals surface area (Å²) in [6.45, 7) is 2.05. The molecule has 0 fully saturated rings. The molecule has 8 heteroatoms. The summed E-state index contributed by atoms with van der Waals surface area (Å²) >= 11 is 0. The highest BCUT2D eigenvalue weighted by Crippen LogP contribution is 2.39. The average molecular weight is 571 g/mol. The molecule has 0 spiro atoms. The molecular formula is C35H27FN4O3. The summed E-state index contributed by atoms with van der Waals surface area (Å²) in [6.07, 6.45) is 5.31. The number of benzene rings is 4. The number of hydrogen-bond acceptors (Lipinski definition) is 5.